The van der Waals surface area contributed by atoms with Crippen molar-refractivity contribution in [1.82, 2.24) is 15.0 Å². The van der Waals surface area contributed by atoms with E-state index in [9.17, 15) is 14.4 Å². The number of ether oxygens (including phenoxy) is 1. The zero-order chi connectivity index (χ0) is 23.3. The fraction of sp³-hybridized carbons (Fsp3) is 0.261. The highest BCUT2D eigenvalue weighted by Crippen LogP contribution is 2.18. The summed E-state index contributed by atoms with van der Waals surface area (Å²) in [7, 11) is 0. The maximum absolute atomic E-state index is 12.7. The van der Waals surface area contributed by atoms with E-state index < -0.39 is 11.9 Å². The summed E-state index contributed by atoms with van der Waals surface area (Å²) in [5.74, 6) is -1.16. The average molecular weight is 435 g/mol. The lowest BCUT2D eigenvalue weighted by atomic mass is 10.1. The van der Waals surface area contributed by atoms with Crippen molar-refractivity contribution < 1.29 is 19.1 Å². The smallest absolute Gasteiger partial charge is 0.338 e. The normalized spacial score (nSPS) is 10.5. The predicted octanol–water partition coefficient (Wildman–Crippen LogP) is 3.27. The lowest BCUT2D eigenvalue weighted by Crippen LogP contribution is -2.21. The van der Waals surface area contributed by atoms with Gasteiger partial charge in [-0.1, -0.05) is 17.3 Å². The van der Waals surface area contributed by atoms with Crippen LogP contribution in [0, 0.1) is 20.8 Å². The Labute approximate surface area is 185 Å². The molecule has 2 amide bonds. The molecule has 1 aromatic heterocycles. The van der Waals surface area contributed by atoms with Crippen LogP contribution in [0.15, 0.2) is 42.5 Å². The molecular formula is C23H25N5O4. The first kappa shape index (κ1) is 22.7. The Morgan fingerprint density at radius 3 is 2.41 bits per heavy atom. The molecule has 166 valence electrons. The monoisotopic (exact) mass is 435 g/mol. The van der Waals surface area contributed by atoms with Crippen molar-refractivity contribution in [3.05, 3.63) is 70.5 Å². The van der Waals surface area contributed by atoms with Crippen LogP contribution in [0.2, 0.25) is 0 Å². The summed E-state index contributed by atoms with van der Waals surface area (Å²) in [6.45, 7) is 7.44. The number of amides is 2. The van der Waals surface area contributed by atoms with Crippen LogP contribution in [0.3, 0.4) is 0 Å². The molecule has 0 saturated carbocycles. The molecular weight excluding hydrogens is 410 g/mol. The topological polar surface area (TPSA) is 115 Å². The highest BCUT2D eigenvalue weighted by Gasteiger charge is 2.19. The summed E-state index contributed by atoms with van der Waals surface area (Å²) in [5, 5.41) is 13.5. The van der Waals surface area contributed by atoms with Gasteiger partial charge in [0.2, 0.25) is 5.91 Å². The molecule has 0 bridgehead atoms. The Bertz CT molecular complexity index is 1150. The van der Waals surface area contributed by atoms with Gasteiger partial charge < -0.3 is 15.4 Å². The van der Waals surface area contributed by atoms with Crippen LogP contribution in [0.5, 0.6) is 0 Å². The number of carbonyl (C=O) groups is 3. The molecule has 9 nitrogen and oxygen atoms in total. The largest absolute Gasteiger partial charge is 0.462 e. The van der Waals surface area contributed by atoms with Crippen molar-refractivity contribution >= 4 is 29.2 Å². The van der Waals surface area contributed by atoms with Gasteiger partial charge in [0.15, 0.2) is 5.69 Å². The number of carbonyl (C=O) groups excluding carboxylic acids is 3. The quantitative estimate of drug-likeness (QED) is 0.551. The third kappa shape index (κ3) is 5.37. The second-order valence-electron chi connectivity index (χ2n) is 7.30. The summed E-state index contributed by atoms with van der Waals surface area (Å²) < 4.78 is 6.30. The van der Waals surface area contributed by atoms with Crippen molar-refractivity contribution in [2.24, 2.45) is 0 Å². The molecule has 0 aliphatic rings. The predicted molar refractivity (Wildman–Crippen MR) is 120 cm³/mol. The Morgan fingerprint density at radius 1 is 1.00 bits per heavy atom. The highest BCUT2D eigenvalue weighted by molar-refractivity contribution is 6.04. The second-order valence-corrected chi connectivity index (χ2v) is 7.30. The first-order valence-corrected chi connectivity index (χ1v) is 10.1. The average Bonchev–Trinajstić information content (AvgIpc) is 3.11. The zero-order valence-corrected chi connectivity index (χ0v) is 18.4. The van der Waals surface area contributed by atoms with Gasteiger partial charge in [-0.3, -0.25) is 9.59 Å². The van der Waals surface area contributed by atoms with Crippen molar-refractivity contribution in [1.29, 1.82) is 0 Å². The molecule has 0 radical (unpaired) electrons. The number of hydrogen-bond acceptors (Lipinski definition) is 6. The molecule has 32 heavy (non-hydrogen) atoms. The van der Waals surface area contributed by atoms with E-state index in [4.69, 9.17) is 4.74 Å². The minimum atomic E-state index is -0.421. The van der Waals surface area contributed by atoms with Gasteiger partial charge in [-0.25, -0.2) is 9.48 Å². The highest BCUT2D eigenvalue weighted by atomic mass is 16.5. The van der Waals surface area contributed by atoms with Crippen molar-refractivity contribution in [2.75, 3.05) is 17.2 Å². The summed E-state index contributed by atoms with van der Waals surface area (Å²) in [4.78, 5) is 36.8. The maximum atomic E-state index is 12.7. The van der Waals surface area contributed by atoms with E-state index in [0.717, 1.165) is 11.1 Å². The number of rotatable bonds is 7. The lowest BCUT2D eigenvalue weighted by molar-refractivity contribution is -0.117. The number of esters is 1. The van der Waals surface area contributed by atoms with Crippen LogP contribution in [0.4, 0.5) is 11.4 Å². The number of hydrogen-bond donors (Lipinski definition) is 2. The van der Waals surface area contributed by atoms with E-state index in [1.807, 2.05) is 32.0 Å². The number of aryl methyl sites for hydroxylation is 2. The van der Waals surface area contributed by atoms with Crippen molar-refractivity contribution in [2.45, 2.75) is 34.2 Å². The van der Waals surface area contributed by atoms with Gasteiger partial charge in [0.05, 0.1) is 17.9 Å². The molecule has 0 aliphatic carbocycles. The molecule has 0 aliphatic heterocycles. The standard InChI is InChI=1S/C23H25N5O4/c1-5-32-23(31)17-8-10-18(11-9-17)24-20(29)13-28-16(4)21(26-27-28)22(30)25-19-12-14(2)6-7-15(19)3/h6-12H,5,13H2,1-4H3,(H,24,29)(H,25,30). The van der Waals surface area contributed by atoms with Crippen molar-refractivity contribution in [3.63, 3.8) is 0 Å². The third-order valence-corrected chi connectivity index (χ3v) is 4.81. The Balaban J connectivity index is 1.63. The molecule has 3 aromatic rings. The van der Waals surface area contributed by atoms with Gasteiger partial charge in [0.25, 0.3) is 5.91 Å². The van der Waals surface area contributed by atoms with Crippen LogP contribution in [-0.2, 0) is 16.1 Å². The van der Waals surface area contributed by atoms with Gasteiger partial charge in [-0.2, -0.15) is 0 Å². The molecule has 0 atom stereocenters. The van der Waals surface area contributed by atoms with Crippen LogP contribution < -0.4 is 10.6 Å². The van der Waals surface area contributed by atoms with Gasteiger partial charge in [0, 0.05) is 11.4 Å². The maximum Gasteiger partial charge on any atom is 0.338 e. The molecule has 2 N–H and O–H groups in total. The number of nitrogens with zero attached hydrogens (tertiary/aromatic N) is 3. The van der Waals surface area contributed by atoms with Gasteiger partial charge >= 0.3 is 5.97 Å². The third-order valence-electron chi connectivity index (χ3n) is 4.81. The van der Waals surface area contributed by atoms with Gasteiger partial charge in [-0.15, -0.1) is 5.10 Å². The summed E-state index contributed by atoms with van der Waals surface area (Å²) in [6.07, 6.45) is 0. The second kappa shape index (κ2) is 9.86. The Hall–Kier alpha value is -4.01. The van der Waals surface area contributed by atoms with E-state index in [1.165, 1.54) is 4.68 Å². The van der Waals surface area contributed by atoms with Crippen LogP contribution in [0.1, 0.15) is 44.6 Å². The van der Waals surface area contributed by atoms with E-state index in [1.54, 1.807) is 38.1 Å². The number of aromatic nitrogens is 3. The fourth-order valence-electron chi connectivity index (χ4n) is 3.01. The molecule has 2 aromatic carbocycles. The molecule has 9 heteroatoms. The van der Waals surface area contributed by atoms with Crippen LogP contribution >= 0.6 is 0 Å². The minimum Gasteiger partial charge on any atom is -0.462 e. The fourth-order valence-corrected chi connectivity index (χ4v) is 3.01. The summed E-state index contributed by atoms with van der Waals surface area (Å²) in [6, 6.07) is 12.2. The zero-order valence-electron chi connectivity index (χ0n) is 18.4. The Kier molecular flexibility index (Phi) is 6.99. The molecule has 1 heterocycles. The van der Waals surface area contributed by atoms with E-state index >= 15 is 0 Å². The molecule has 3 rings (SSSR count). The molecule has 0 spiro atoms. The molecule has 0 fully saturated rings. The van der Waals surface area contributed by atoms with E-state index in [2.05, 4.69) is 20.9 Å². The van der Waals surface area contributed by atoms with Gasteiger partial charge in [0.1, 0.15) is 6.54 Å². The van der Waals surface area contributed by atoms with Gasteiger partial charge in [-0.05, 0) is 69.2 Å². The minimum absolute atomic E-state index is 0.116. The molecule has 0 unspecified atom stereocenters. The van der Waals surface area contributed by atoms with Crippen LogP contribution in [-0.4, -0.2) is 39.4 Å². The van der Waals surface area contributed by atoms with E-state index in [0.29, 0.717) is 29.2 Å². The van der Waals surface area contributed by atoms with Crippen LogP contribution in [0.25, 0.3) is 0 Å². The van der Waals surface area contributed by atoms with Crippen molar-refractivity contribution in [3.8, 4) is 0 Å². The first-order chi connectivity index (χ1) is 15.3. The Morgan fingerprint density at radius 2 is 1.72 bits per heavy atom. The number of nitrogens with one attached hydrogen (secondary N) is 2. The summed E-state index contributed by atoms with van der Waals surface area (Å²) >= 11 is 0. The molecule has 0 saturated heterocycles. The first-order valence-electron chi connectivity index (χ1n) is 10.1. The SMILES string of the molecule is CCOC(=O)c1ccc(NC(=O)Cn2nnc(C(=O)Nc3cc(C)ccc3C)c2C)cc1. The lowest BCUT2D eigenvalue weighted by Gasteiger charge is -2.09. The van der Waals surface area contributed by atoms with E-state index in [-0.39, 0.29) is 18.1 Å². The number of benzene rings is 2. The summed E-state index contributed by atoms with van der Waals surface area (Å²) in [5.41, 5.74) is 4.21. The number of anilines is 2.